The van der Waals surface area contributed by atoms with E-state index in [0.717, 1.165) is 5.46 Å². The van der Waals surface area contributed by atoms with Crippen LogP contribution in [0.5, 0.6) is 0 Å². The van der Waals surface area contributed by atoms with E-state index in [1.807, 2.05) is 27.7 Å². The Kier molecular flexibility index (Phi) is 4.89. The highest BCUT2D eigenvalue weighted by Crippen LogP contribution is 2.36. The zero-order chi connectivity index (χ0) is 16.4. The minimum absolute atomic E-state index is 0.240. The molecule has 1 aliphatic rings. The quantitative estimate of drug-likeness (QED) is 0.642. The molecule has 0 aromatic carbocycles. The number of nitrogens with one attached hydrogen (secondary N) is 1. The molecule has 2 rings (SSSR count). The predicted octanol–water partition coefficient (Wildman–Crippen LogP) is 0.757. The van der Waals surface area contributed by atoms with Crippen LogP contribution in [0.15, 0.2) is 18.3 Å². The molecule has 0 radical (unpaired) electrons. The van der Waals surface area contributed by atoms with Crippen LogP contribution in [0.25, 0.3) is 0 Å². The highest BCUT2D eigenvalue weighted by Gasteiger charge is 2.51. The molecule has 1 amide bonds. The van der Waals surface area contributed by atoms with Crippen molar-refractivity contribution < 1.29 is 18.8 Å². The van der Waals surface area contributed by atoms with Gasteiger partial charge in [0.25, 0.3) is 5.91 Å². The molecule has 1 saturated heterocycles. The van der Waals surface area contributed by atoms with Crippen molar-refractivity contribution in [3.05, 3.63) is 24.0 Å². The minimum atomic E-state index is -0.501. The molecule has 1 N–H and O–H groups in total. The van der Waals surface area contributed by atoms with Gasteiger partial charge < -0.3 is 19.4 Å². The van der Waals surface area contributed by atoms with Crippen LogP contribution in [0.2, 0.25) is 0 Å². The average Bonchev–Trinajstić information content (AvgIpc) is 2.68. The van der Waals surface area contributed by atoms with Gasteiger partial charge >= 0.3 is 7.12 Å². The Labute approximate surface area is 131 Å². The Balaban J connectivity index is 2.11. The zero-order valence-corrected chi connectivity index (χ0v) is 13.8. The number of hydrogen-bond acceptors (Lipinski definition) is 5. The Morgan fingerprint density at radius 3 is 2.55 bits per heavy atom. The van der Waals surface area contributed by atoms with Crippen molar-refractivity contribution in [2.24, 2.45) is 0 Å². The molecule has 0 saturated carbocycles. The Morgan fingerprint density at radius 2 is 1.95 bits per heavy atom. The maximum atomic E-state index is 12.0. The third-order valence-corrected chi connectivity index (χ3v) is 4.13. The fraction of sp³-hybridized carbons (Fsp3) is 0.600. The van der Waals surface area contributed by atoms with Crippen molar-refractivity contribution in [1.82, 2.24) is 10.3 Å². The second-order valence-electron chi connectivity index (χ2n) is 6.31. The molecule has 120 valence electrons. The SMILES string of the molecule is COCCNC(=O)c1cc(B2OC(C)(C)C(C)(C)O2)ccn1. The molecule has 0 atom stereocenters. The van der Waals surface area contributed by atoms with E-state index in [-0.39, 0.29) is 5.91 Å². The highest BCUT2D eigenvalue weighted by molar-refractivity contribution is 6.62. The number of methoxy groups -OCH3 is 1. The van der Waals surface area contributed by atoms with Gasteiger partial charge in [-0.3, -0.25) is 9.78 Å². The lowest BCUT2D eigenvalue weighted by molar-refractivity contribution is 0.00578. The molecule has 1 aromatic heterocycles. The van der Waals surface area contributed by atoms with Crippen LogP contribution >= 0.6 is 0 Å². The second kappa shape index (κ2) is 6.36. The first-order valence-electron chi connectivity index (χ1n) is 7.35. The van der Waals surface area contributed by atoms with Crippen LogP contribution in [0.3, 0.4) is 0 Å². The summed E-state index contributed by atoms with van der Waals surface area (Å²) in [6, 6.07) is 3.50. The maximum Gasteiger partial charge on any atom is 0.494 e. The summed E-state index contributed by atoms with van der Waals surface area (Å²) >= 11 is 0. The number of nitrogens with zero attached hydrogens (tertiary/aromatic N) is 1. The van der Waals surface area contributed by atoms with Gasteiger partial charge in [-0.1, -0.05) is 0 Å². The summed E-state index contributed by atoms with van der Waals surface area (Å²) in [7, 11) is 1.09. The molecule has 1 aromatic rings. The molecule has 0 bridgehead atoms. The lowest BCUT2D eigenvalue weighted by Crippen LogP contribution is -2.41. The summed E-state index contributed by atoms with van der Waals surface area (Å²) < 4.78 is 16.9. The fourth-order valence-electron chi connectivity index (χ4n) is 2.05. The van der Waals surface area contributed by atoms with E-state index in [1.165, 1.54) is 0 Å². The maximum absolute atomic E-state index is 12.0. The number of aromatic nitrogens is 1. The van der Waals surface area contributed by atoms with Crippen LogP contribution in [0.1, 0.15) is 38.2 Å². The second-order valence-corrected chi connectivity index (χ2v) is 6.31. The van der Waals surface area contributed by atoms with E-state index in [1.54, 1.807) is 25.4 Å². The van der Waals surface area contributed by atoms with E-state index < -0.39 is 18.3 Å². The zero-order valence-electron chi connectivity index (χ0n) is 13.8. The Hall–Kier alpha value is -1.44. The molecular weight excluding hydrogens is 283 g/mol. The first kappa shape index (κ1) is 16.9. The standard InChI is InChI=1S/C15H23BN2O4/c1-14(2)15(3,4)22-16(21-14)11-6-7-17-12(10-11)13(19)18-8-9-20-5/h6-7,10H,8-9H2,1-5H3,(H,18,19). The van der Waals surface area contributed by atoms with Gasteiger partial charge in [-0.15, -0.1) is 0 Å². The van der Waals surface area contributed by atoms with Crippen LogP contribution in [-0.2, 0) is 14.0 Å². The van der Waals surface area contributed by atoms with Gasteiger partial charge in [0.1, 0.15) is 5.69 Å². The molecule has 2 heterocycles. The lowest BCUT2D eigenvalue weighted by atomic mass is 9.79. The van der Waals surface area contributed by atoms with Gasteiger partial charge in [-0.25, -0.2) is 0 Å². The predicted molar refractivity (Wildman–Crippen MR) is 84.2 cm³/mol. The monoisotopic (exact) mass is 306 g/mol. The number of amides is 1. The Morgan fingerprint density at radius 1 is 1.32 bits per heavy atom. The molecule has 7 heteroatoms. The summed E-state index contributed by atoms with van der Waals surface area (Å²) in [5, 5.41) is 2.74. The largest absolute Gasteiger partial charge is 0.494 e. The highest BCUT2D eigenvalue weighted by atomic mass is 16.7. The average molecular weight is 306 g/mol. The molecule has 1 aliphatic heterocycles. The Bertz CT molecular complexity index is 532. The third-order valence-electron chi connectivity index (χ3n) is 4.13. The normalized spacial score (nSPS) is 19.2. The number of carbonyl (C=O) groups excluding carboxylic acids is 1. The van der Waals surface area contributed by atoms with Gasteiger partial charge in [0.2, 0.25) is 0 Å². The number of hydrogen-bond donors (Lipinski definition) is 1. The third kappa shape index (κ3) is 3.48. The van der Waals surface area contributed by atoms with Crippen molar-refractivity contribution in [2.45, 2.75) is 38.9 Å². The van der Waals surface area contributed by atoms with Gasteiger partial charge in [-0.05, 0) is 45.3 Å². The van der Waals surface area contributed by atoms with E-state index >= 15 is 0 Å². The molecule has 1 fully saturated rings. The van der Waals surface area contributed by atoms with E-state index in [4.69, 9.17) is 14.0 Å². The van der Waals surface area contributed by atoms with Crippen LogP contribution < -0.4 is 10.8 Å². The molecule has 22 heavy (non-hydrogen) atoms. The van der Waals surface area contributed by atoms with E-state index in [2.05, 4.69) is 10.3 Å². The number of carbonyl (C=O) groups is 1. The smallest absolute Gasteiger partial charge is 0.399 e. The van der Waals surface area contributed by atoms with Crippen molar-refractivity contribution in [2.75, 3.05) is 20.3 Å². The summed E-state index contributed by atoms with van der Waals surface area (Å²) in [4.78, 5) is 16.1. The summed E-state index contributed by atoms with van der Waals surface area (Å²) in [5.74, 6) is -0.240. The lowest BCUT2D eigenvalue weighted by Gasteiger charge is -2.32. The van der Waals surface area contributed by atoms with Gasteiger partial charge in [0.15, 0.2) is 0 Å². The number of ether oxygens (including phenoxy) is 1. The van der Waals surface area contributed by atoms with Crippen LogP contribution in [0.4, 0.5) is 0 Å². The van der Waals surface area contributed by atoms with Crippen LogP contribution in [-0.4, -0.2) is 49.5 Å². The summed E-state index contributed by atoms with van der Waals surface area (Å²) in [5.41, 5.74) is 0.290. The van der Waals surface area contributed by atoms with Gasteiger partial charge in [-0.2, -0.15) is 0 Å². The molecular formula is C15H23BN2O4. The molecule has 0 aliphatic carbocycles. The molecule has 0 spiro atoms. The summed E-state index contributed by atoms with van der Waals surface area (Å²) in [6.45, 7) is 8.87. The topological polar surface area (TPSA) is 69.7 Å². The first-order valence-corrected chi connectivity index (χ1v) is 7.35. The van der Waals surface area contributed by atoms with Crippen molar-refractivity contribution >= 4 is 18.5 Å². The number of pyridine rings is 1. The summed E-state index contributed by atoms with van der Waals surface area (Å²) in [6.07, 6.45) is 1.59. The van der Waals surface area contributed by atoms with Gasteiger partial charge in [0, 0.05) is 19.9 Å². The van der Waals surface area contributed by atoms with E-state index in [9.17, 15) is 4.79 Å². The molecule has 6 nitrogen and oxygen atoms in total. The van der Waals surface area contributed by atoms with Gasteiger partial charge in [0.05, 0.1) is 17.8 Å². The molecule has 0 unspecified atom stereocenters. The number of rotatable bonds is 5. The van der Waals surface area contributed by atoms with E-state index in [0.29, 0.717) is 18.8 Å². The van der Waals surface area contributed by atoms with Crippen molar-refractivity contribution in [1.29, 1.82) is 0 Å². The van der Waals surface area contributed by atoms with Crippen LogP contribution in [0, 0.1) is 0 Å². The first-order chi connectivity index (χ1) is 10.3. The van der Waals surface area contributed by atoms with Crippen molar-refractivity contribution in [3.63, 3.8) is 0 Å². The van der Waals surface area contributed by atoms with Crippen molar-refractivity contribution in [3.8, 4) is 0 Å². The fourth-order valence-corrected chi connectivity index (χ4v) is 2.05. The minimum Gasteiger partial charge on any atom is -0.399 e.